The largest absolute Gasteiger partial charge is 0.493 e. The molecule has 10 nitrogen and oxygen atoms in total. The molecule has 6 rings (SSSR count). The van der Waals surface area contributed by atoms with E-state index in [9.17, 15) is 9.59 Å². The number of ether oxygens (including phenoxy) is 3. The van der Waals surface area contributed by atoms with Gasteiger partial charge in [-0.1, -0.05) is 23.9 Å². The van der Waals surface area contributed by atoms with Crippen molar-refractivity contribution in [2.24, 2.45) is 0 Å². The average molecular weight is 586 g/mol. The number of thioether (sulfide) groups is 1. The molecule has 5 aromatic rings. The van der Waals surface area contributed by atoms with Crippen molar-refractivity contribution < 1.29 is 14.2 Å². The summed E-state index contributed by atoms with van der Waals surface area (Å²) in [6, 6.07) is 18.6. The number of fused-ring (bicyclic) bond motifs is 2. The third-order valence-corrected chi connectivity index (χ3v) is 8.33. The summed E-state index contributed by atoms with van der Waals surface area (Å²) in [5.74, 6) is 1.68. The molecule has 0 N–H and O–H groups in total. The van der Waals surface area contributed by atoms with Crippen molar-refractivity contribution >= 4 is 34.0 Å². The number of benzene rings is 2. The Hall–Kier alpha value is -4.35. The van der Waals surface area contributed by atoms with E-state index in [4.69, 9.17) is 19.2 Å². The minimum absolute atomic E-state index is 0.107. The molecule has 1 aliphatic heterocycles. The van der Waals surface area contributed by atoms with Crippen LogP contribution < -0.4 is 25.5 Å². The summed E-state index contributed by atoms with van der Waals surface area (Å²) in [6.07, 6.45) is 2.28. The van der Waals surface area contributed by atoms with Gasteiger partial charge in [-0.15, -0.1) is 0 Å². The molecule has 0 bridgehead atoms. The molecule has 3 aromatic heterocycles. The number of hydrogen-bond acceptors (Lipinski definition) is 9. The van der Waals surface area contributed by atoms with E-state index < -0.39 is 0 Å². The van der Waals surface area contributed by atoms with Crippen molar-refractivity contribution in [3.8, 4) is 11.5 Å². The maximum absolute atomic E-state index is 14.0. The first kappa shape index (κ1) is 27.8. The molecule has 0 spiro atoms. The molecule has 42 heavy (non-hydrogen) atoms. The van der Waals surface area contributed by atoms with Gasteiger partial charge < -0.3 is 19.1 Å². The number of pyridine rings is 1. The summed E-state index contributed by atoms with van der Waals surface area (Å²) in [5, 5.41) is 1.14. The van der Waals surface area contributed by atoms with Crippen LogP contribution in [0, 0.1) is 0 Å². The number of morpholine rings is 1. The molecule has 1 saturated heterocycles. The zero-order valence-corrected chi connectivity index (χ0v) is 24.3. The van der Waals surface area contributed by atoms with Gasteiger partial charge in [-0.05, 0) is 54.4 Å². The van der Waals surface area contributed by atoms with Crippen LogP contribution in [0.2, 0.25) is 0 Å². The van der Waals surface area contributed by atoms with Crippen LogP contribution in [0.5, 0.6) is 11.5 Å². The fourth-order valence-corrected chi connectivity index (χ4v) is 6.02. The molecule has 0 aliphatic carbocycles. The van der Waals surface area contributed by atoms with E-state index in [1.54, 1.807) is 37.1 Å². The molecule has 2 aromatic carbocycles. The van der Waals surface area contributed by atoms with E-state index in [2.05, 4.69) is 9.88 Å². The minimum Gasteiger partial charge on any atom is -0.493 e. The first-order chi connectivity index (χ1) is 20.5. The van der Waals surface area contributed by atoms with Crippen LogP contribution in [0.25, 0.3) is 16.6 Å². The predicted molar refractivity (Wildman–Crippen MR) is 163 cm³/mol. The second-order valence-corrected chi connectivity index (χ2v) is 10.8. The lowest BCUT2D eigenvalue weighted by molar-refractivity contribution is 0.122. The second-order valence-electron chi connectivity index (χ2n) is 9.89. The Bertz CT molecular complexity index is 1870. The molecule has 0 amide bonds. The summed E-state index contributed by atoms with van der Waals surface area (Å²) >= 11 is 1.40. The lowest BCUT2D eigenvalue weighted by Crippen LogP contribution is -2.36. The molecule has 0 saturated carbocycles. The van der Waals surface area contributed by atoms with Gasteiger partial charge in [0.15, 0.2) is 16.7 Å². The van der Waals surface area contributed by atoms with Crippen molar-refractivity contribution in [3.63, 3.8) is 0 Å². The topological polar surface area (TPSA) is 100 Å². The SMILES string of the molecule is COc1ccc(CCn2c(SCc3cc(=O)n4ccccc4n3)nc3ccc(N4CCOCC4)cc3c2=O)cc1OC. The van der Waals surface area contributed by atoms with Gasteiger partial charge in [0.05, 0.1) is 44.0 Å². The maximum Gasteiger partial charge on any atom is 0.262 e. The number of nitrogens with zero attached hydrogens (tertiary/aromatic N) is 5. The lowest BCUT2D eigenvalue weighted by atomic mass is 10.1. The van der Waals surface area contributed by atoms with Gasteiger partial charge in [-0.25, -0.2) is 9.97 Å². The number of aromatic nitrogens is 4. The van der Waals surface area contributed by atoms with Gasteiger partial charge in [-0.2, -0.15) is 0 Å². The molecule has 1 fully saturated rings. The summed E-state index contributed by atoms with van der Waals surface area (Å²) in [5.41, 5.74) is 3.56. The van der Waals surface area contributed by atoms with Crippen LogP contribution in [0.3, 0.4) is 0 Å². The molecule has 11 heteroatoms. The molecule has 4 heterocycles. The Morgan fingerprint density at radius 3 is 2.57 bits per heavy atom. The Kier molecular flexibility index (Phi) is 8.11. The molecule has 0 radical (unpaired) electrons. The van der Waals surface area contributed by atoms with E-state index in [1.165, 1.54) is 22.2 Å². The van der Waals surface area contributed by atoms with E-state index in [1.807, 2.05) is 42.5 Å². The Balaban J connectivity index is 1.35. The quantitative estimate of drug-likeness (QED) is 0.189. The monoisotopic (exact) mass is 585 g/mol. The highest BCUT2D eigenvalue weighted by Gasteiger charge is 2.17. The fourth-order valence-electron chi connectivity index (χ4n) is 5.11. The number of methoxy groups -OCH3 is 2. The summed E-state index contributed by atoms with van der Waals surface area (Å²) in [4.78, 5) is 38.5. The Morgan fingerprint density at radius 1 is 0.929 bits per heavy atom. The van der Waals surface area contributed by atoms with Gasteiger partial charge in [-0.3, -0.25) is 18.6 Å². The molecular weight excluding hydrogens is 554 g/mol. The van der Waals surface area contributed by atoms with Crippen LogP contribution in [0.1, 0.15) is 11.3 Å². The number of aryl methyl sites for hydroxylation is 1. The van der Waals surface area contributed by atoms with Crippen LogP contribution in [0.15, 0.2) is 81.6 Å². The zero-order chi connectivity index (χ0) is 29.1. The first-order valence-electron chi connectivity index (χ1n) is 13.7. The first-order valence-corrected chi connectivity index (χ1v) is 14.7. The lowest BCUT2D eigenvalue weighted by Gasteiger charge is -2.29. The van der Waals surface area contributed by atoms with Crippen LogP contribution in [-0.4, -0.2) is 59.5 Å². The molecule has 0 unspecified atom stereocenters. The summed E-state index contributed by atoms with van der Waals surface area (Å²) in [6.45, 7) is 3.29. The van der Waals surface area contributed by atoms with E-state index in [0.717, 1.165) is 24.3 Å². The van der Waals surface area contributed by atoms with Crippen molar-refractivity contribution in [1.82, 2.24) is 18.9 Å². The zero-order valence-electron chi connectivity index (χ0n) is 23.5. The van der Waals surface area contributed by atoms with E-state index >= 15 is 0 Å². The molecule has 0 atom stereocenters. The van der Waals surface area contributed by atoms with Crippen LogP contribution in [-0.2, 0) is 23.5 Å². The number of rotatable bonds is 9. The van der Waals surface area contributed by atoms with Crippen molar-refractivity contribution in [2.75, 3.05) is 45.4 Å². The van der Waals surface area contributed by atoms with Gasteiger partial charge in [0, 0.05) is 43.3 Å². The normalized spacial score (nSPS) is 13.5. The Labute approximate surface area is 246 Å². The number of hydrogen-bond donors (Lipinski definition) is 0. The summed E-state index contributed by atoms with van der Waals surface area (Å²) in [7, 11) is 3.21. The number of anilines is 1. The minimum atomic E-state index is -0.149. The van der Waals surface area contributed by atoms with Crippen LogP contribution >= 0.6 is 11.8 Å². The Morgan fingerprint density at radius 2 is 1.76 bits per heavy atom. The van der Waals surface area contributed by atoms with E-state index in [0.29, 0.717) is 70.8 Å². The molecule has 1 aliphatic rings. The standard InChI is InChI=1S/C31H31N5O5S/c1-39-26-9-6-21(17-27(26)40-2)10-12-36-30(38)24-19-23(34-13-15-41-16-14-34)7-8-25(24)33-31(36)42-20-22-18-29(37)35-11-4-3-5-28(35)32-22/h3-9,11,17-19H,10,12-16,20H2,1-2H3. The van der Waals surface area contributed by atoms with Gasteiger partial charge in [0.25, 0.3) is 11.1 Å². The van der Waals surface area contributed by atoms with Crippen molar-refractivity contribution in [1.29, 1.82) is 0 Å². The van der Waals surface area contributed by atoms with Gasteiger partial charge in [0.1, 0.15) is 5.65 Å². The summed E-state index contributed by atoms with van der Waals surface area (Å²) < 4.78 is 19.6. The average Bonchev–Trinajstić information content (AvgIpc) is 3.03. The highest BCUT2D eigenvalue weighted by atomic mass is 32.2. The third-order valence-electron chi connectivity index (χ3n) is 7.32. The highest BCUT2D eigenvalue weighted by Crippen LogP contribution is 2.29. The van der Waals surface area contributed by atoms with Gasteiger partial charge in [0.2, 0.25) is 0 Å². The molecule has 216 valence electrons. The van der Waals surface area contributed by atoms with E-state index in [-0.39, 0.29) is 11.1 Å². The third kappa shape index (κ3) is 5.70. The fraction of sp³-hybridized carbons (Fsp3) is 0.290. The van der Waals surface area contributed by atoms with Crippen molar-refractivity contribution in [3.05, 3.63) is 98.8 Å². The van der Waals surface area contributed by atoms with Gasteiger partial charge >= 0.3 is 0 Å². The van der Waals surface area contributed by atoms with Crippen LogP contribution in [0.4, 0.5) is 5.69 Å². The van der Waals surface area contributed by atoms with Crippen molar-refractivity contribution in [2.45, 2.75) is 23.9 Å². The molecular formula is C31H31N5O5S. The predicted octanol–water partition coefficient (Wildman–Crippen LogP) is 3.79. The second kappa shape index (κ2) is 12.3. The highest BCUT2D eigenvalue weighted by molar-refractivity contribution is 7.98. The maximum atomic E-state index is 14.0. The smallest absolute Gasteiger partial charge is 0.262 e.